The Hall–Kier alpha value is -4.74. The molecular formula is C36H28N2O2S. The minimum Gasteiger partial charge on any atom is -0.497 e. The molecule has 5 aromatic carbocycles. The van der Waals surface area contributed by atoms with E-state index in [-0.39, 0.29) is 0 Å². The largest absolute Gasteiger partial charge is 0.497 e. The standard InChI is InChI=1S/C36H28N2O2S/c1-23-15-17-24(18-16-23)30-22-29(25-19-26(39-2)21-27(20-25)40-3)28-9-8-12-33(36(28)37-30)38-31-10-4-6-13-34(31)41-35-14-7-5-11-32(35)38/h4-22H,1-3H3. The average Bonchev–Trinajstić information content (AvgIpc) is 3.03. The van der Waals surface area contributed by atoms with Gasteiger partial charge in [0.2, 0.25) is 0 Å². The van der Waals surface area contributed by atoms with Crippen LogP contribution in [0.2, 0.25) is 0 Å². The summed E-state index contributed by atoms with van der Waals surface area (Å²) in [5, 5.41) is 1.06. The number of anilines is 3. The molecule has 0 saturated heterocycles. The molecule has 5 heteroatoms. The quantitative estimate of drug-likeness (QED) is 0.212. The first-order chi connectivity index (χ1) is 20.1. The number of para-hydroxylation sites is 3. The number of aromatic nitrogens is 1. The SMILES string of the molecule is COc1cc(OC)cc(-c2cc(-c3ccc(C)cc3)nc3c(N4c5ccccc5Sc5ccccc54)cccc23)c1. The molecular weight excluding hydrogens is 524 g/mol. The van der Waals surface area contributed by atoms with Crippen molar-refractivity contribution in [2.75, 3.05) is 19.1 Å². The predicted molar refractivity (Wildman–Crippen MR) is 169 cm³/mol. The molecule has 6 aromatic rings. The van der Waals surface area contributed by atoms with E-state index in [9.17, 15) is 0 Å². The van der Waals surface area contributed by atoms with Crippen LogP contribution in [0.15, 0.2) is 125 Å². The van der Waals surface area contributed by atoms with Gasteiger partial charge in [0.15, 0.2) is 0 Å². The fourth-order valence-corrected chi connectivity index (χ4v) is 6.51. The zero-order chi connectivity index (χ0) is 27.9. The molecule has 2 heterocycles. The maximum Gasteiger partial charge on any atom is 0.123 e. The predicted octanol–water partition coefficient (Wildman–Crippen LogP) is 9.83. The molecule has 0 unspecified atom stereocenters. The average molecular weight is 553 g/mol. The lowest BCUT2D eigenvalue weighted by atomic mass is 9.96. The maximum absolute atomic E-state index is 5.65. The first kappa shape index (κ1) is 25.2. The monoisotopic (exact) mass is 552 g/mol. The molecule has 0 radical (unpaired) electrons. The van der Waals surface area contributed by atoms with E-state index in [0.717, 1.165) is 61.8 Å². The van der Waals surface area contributed by atoms with Crippen molar-refractivity contribution in [3.63, 3.8) is 0 Å². The number of hydrogen-bond donors (Lipinski definition) is 0. The molecule has 0 N–H and O–H groups in total. The Labute approximate surface area is 244 Å². The minimum atomic E-state index is 0.744. The van der Waals surface area contributed by atoms with Gasteiger partial charge in [-0.05, 0) is 66.6 Å². The number of hydrogen-bond acceptors (Lipinski definition) is 5. The highest BCUT2D eigenvalue weighted by Crippen LogP contribution is 2.52. The molecule has 0 atom stereocenters. The number of rotatable bonds is 5. The summed E-state index contributed by atoms with van der Waals surface area (Å²) >= 11 is 1.81. The summed E-state index contributed by atoms with van der Waals surface area (Å²) in [7, 11) is 3.37. The summed E-state index contributed by atoms with van der Waals surface area (Å²) in [5.41, 5.74) is 9.53. The third-order valence-corrected chi connectivity index (χ3v) is 8.63. The van der Waals surface area contributed by atoms with Crippen LogP contribution >= 0.6 is 11.8 Å². The van der Waals surface area contributed by atoms with E-state index in [0.29, 0.717) is 0 Å². The van der Waals surface area contributed by atoms with Gasteiger partial charge in [-0.1, -0.05) is 78.0 Å². The van der Waals surface area contributed by atoms with Crippen molar-refractivity contribution < 1.29 is 9.47 Å². The number of fused-ring (bicyclic) bond motifs is 3. The van der Waals surface area contributed by atoms with Crippen molar-refractivity contribution in [3.8, 4) is 33.9 Å². The van der Waals surface area contributed by atoms with Gasteiger partial charge in [0, 0.05) is 26.8 Å². The minimum absolute atomic E-state index is 0.744. The zero-order valence-electron chi connectivity index (χ0n) is 23.1. The molecule has 0 fully saturated rings. The van der Waals surface area contributed by atoms with Gasteiger partial charge in [-0.25, -0.2) is 4.98 Å². The number of pyridine rings is 1. The maximum atomic E-state index is 5.65. The van der Waals surface area contributed by atoms with Crippen molar-refractivity contribution >= 4 is 39.7 Å². The van der Waals surface area contributed by atoms with Crippen molar-refractivity contribution in [1.82, 2.24) is 4.98 Å². The second-order valence-corrected chi connectivity index (χ2v) is 11.2. The highest BCUT2D eigenvalue weighted by Gasteiger charge is 2.26. The van der Waals surface area contributed by atoms with Gasteiger partial charge in [-0.2, -0.15) is 0 Å². The van der Waals surface area contributed by atoms with Crippen LogP contribution in [-0.2, 0) is 0 Å². The lowest BCUT2D eigenvalue weighted by Crippen LogP contribution is -2.15. The van der Waals surface area contributed by atoms with E-state index in [1.807, 2.05) is 6.07 Å². The van der Waals surface area contributed by atoms with Crippen molar-refractivity contribution in [3.05, 3.63) is 121 Å². The van der Waals surface area contributed by atoms with Gasteiger partial charge >= 0.3 is 0 Å². The van der Waals surface area contributed by atoms with Crippen LogP contribution in [0.3, 0.4) is 0 Å². The summed E-state index contributed by atoms with van der Waals surface area (Å²) in [6, 6.07) is 40.4. The summed E-state index contributed by atoms with van der Waals surface area (Å²) in [5.74, 6) is 1.49. The topological polar surface area (TPSA) is 34.6 Å². The first-order valence-electron chi connectivity index (χ1n) is 13.5. The molecule has 200 valence electrons. The van der Waals surface area contributed by atoms with Crippen LogP contribution in [0, 0.1) is 6.92 Å². The van der Waals surface area contributed by atoms with Gasteiger partial charge in [0.1, 0.15) is 11.5 Å². The molecule has 0 amide bonds. The molecule has 0 aliphatic carbocycles. The van der Waals surface area contributed by atoms with Crippen LogP contribution in [0.5, 0.6) is 11.5 Å². The van der Waals surface area contributed by atoms with E-state index in [1.165, 1.54) is 15.4 Å². The first-order valence-corrected chi connectivity index (χ1v) is 14.3. The number of methoxy groups -OCH3 is 2. The Kier molecular flexibility index (Phi) is 6.37. The van der Waals surface area contributed by atoms with E-state index in [1.54, 1.807) is 26.0 Å². The molecule has 1 aliphatic heterocycles. The van der Waals surface area contributed by atoms with Gasteiger partial charge in [0.25, 0.3) is 0 Å². The van der Waals surface area contributed by atoms with E-state index >= 15 is 0 Å². The lowest BCUT2D eigenvalue weighted by Gasteiger charge is -2.33. The lowest BCUT2D eigenvalue weighted by molar-refractivity contribution is 0.394. The van der Waals surface area contributed by atoms with E-state index < -0.39 is 0 Å². The molecule has 7 rings (SSSR count). The molecule has 1 aromatic heterocycles. The Bertz CT molecular complexity index is 1850. The normalized spacial score (nSPS) is 12.1. The fraction of sp³-hybridized carbons (Fsp3) is 0.0833. The third kappa shape index (κ3) is 4.48. The highest BCUT2D eigenvalue weighted by molar-refractivity contribution is 7.99. The number of ether oxygens (including phenoxy) is 2. The van der Waals surface area contributed by atoms with Crippen molar-refractivity contribution in [2.45, 2.75) is 16.7 Å². The Morgan fingerprint density at radius 1 is 0.610 bits per heavy atom. The van der Waals surface area contributed by atoms with Crippen LogP contribution in [0.1, 0.15) is 5.56 Å². The van der Waals surface area contributed by atoms with Gasteiger partial charge in [-0.15, -0.1) is 0 Å². The second-order valence-electron chi connectivity index (χ2n) is 10.1. The summed E-state index contributed by atoms with van der Waals surface area (Å²) in [6.45, 7) is 2.10. The van der Waals surface area contributed by atoms with Crippen LogP contribution < -0.4 is 14.4 Å². The molecule has 0 bridgehead atoms. The van der Waals surface area contributed by atoms with Crippen LogP contribution in [0.25, 0.3) is 33.3 Å². The zero-order valence-corrected chi connectivity index (χ0v) is 23.9. The molecule has 41 heavy (non-hydrogen) atoms. The third-order valence-electron chi connectivity index (χ3n) is 7.50. The number of benzene rings is 5. The number of aryl methyl sites for hydroxylation is 1. The van der Waals surface area contributed by atoms with E-state index in [2.05, 4.69) is 121 Å². The summed E-state index contributed by atoms with van der Waals surface area (Å²) < 4.78 is 11.3. The van der Waals surface area contributed by atoms with Gasteiger partial charge < -0.3 is 14.4 Å². The Balaban J connectivity index is 1.55. The van der Waals surface area contributed by atoms with Crippen LogP contribution in [-0.4, -0.2) is 19.2 Å². The number of nitrogens with zero attached hydrogens (tertiary/aromatic N) is 2. The smallest absolute Gasteiger partial charge is 0.123 e. The fourth-order valence-electron chi connectivity index (χ4n) is 5.45. The van der Waals surface area contributed by atoms with Crippen LogP contribution in [0.4, 0.5) is 17.1 Å². The molecule has 4 nitrogen and oxygen atoms in total. The summed E-state index contributed by atoms with van der Waals surface area (Å²) in [4.78, 5) is 10.1. The Morgan fingerprint density at radius 3 is 1.85 bits per heavy atom. The molecule has 0 spiro atoms. The molecule has 1 aliphatic rings. The highest BCUT2D eigenvalue weighted by atomic mass is 32.2. The van der Waals surface area contributed by atoms with Gasteiger partial charge in [0.05, 0.1) is 42.5 Å². The van der Waals surface area contributed by atoms with Gasteiger partial charge in [-0.3, -0.25) is 0 Å². The van der Waals surface area contributed by atoms with Crippen molar-refractivity contribution in [1.29, 1.82) is 0 Å². The van der Waals surface area contributed by atoms with E-state index in [4.69, 9.17) is 14.5 Å². The van der Waals surface area contributed by atoms with Crippen molar-refractivity contribution in [2.24, 2.45) is 0 Å². The second kappa shape index (κ2) is 10.3. The summed E-state index contributed by atoms with van der Waals surface area (Å²) in [6.07, 6.45) is 0. The molecule has 0 saturated carbocycles. The Morgan fingerprint density at radius 2 is 1.22 bits per heavy atom.